The number of ether oxygens (including phenoxy) is 2. The van der Waals surface area contributed by atoms with E-state index in [2.05, 4.69) is 5.32 Å². The largest absolute Gasteiger partial charge is 0.457 e. The highest BCUT2D eigenvalue weighted by atomic mass is 35.5. The number of esters is 1. The second-order valence-electron chi connectivity index (χ2n) is 7.17. The van der Waals surface area contributed by atoms with Crippen molar-refractivity contribution in [2.45, 2.75) is 19.3 Å². The third kappa shape index (κ3) is 7.76. The second kappa shape index (κ2) is 12.4. The summed E-state index contributed by atoms with van der Waals surface area (Å²) in [6.07, 6.45) is 0.387. The molecular weight excluding hydrogens is 501 g/mol. The molecule has 3 rings (SSSR count). The number of halogens is 3. The van der Waals surface area contributed by atoms with Crippen molar-refractivity contribution in [3.63, 3.8) is 0 Å². The zero-order valence-electron chi connectivity index (χ0n) is 17.9. The maximum absolute atomic E-state index is 12.1. The molecule has 0 aliphatic rings. The third-order valence-electron chi connectivity index (χ3n) is 4.58. The van der Waals surface area contributed by atoms with E-state index >= 15 is 0 Å². The summed E-state index contributed by atoms with van der Waals surface area (Å²) in [6.45, 7) is -0.436. The number of rotatable bonds is 10. The summed E-state index contributed by atoms with van der Waals surface area (Å²) < 4.78 is 10.7. The normalized spacial score (nSPS) is 10.4. The van der Waals surface area contributed by atoms with Gasteiger partial charge >= 0.3 is 5.97 Å². The van der Waals surface area contributed by atoms with Crippen LogP contribution in [0.3, 0.4) is 0 Å². The first-order chi connectivity index (χ1) is 16.3. The summed E-state index contributed by atoms with van der Waals surface area (Å²) in [5.74, 6) is -0.160. The summed E-state index contributed by atoms with van der Waals surface area (Å²) in [6, 6.07) is 18.4. The highest BCUT2D eigenvalue weighted by molar-refractivity contribution is 6.36. The van der Waals surface area contributed by atoms with Crippen molar-refractivity contribution in [1.82, 2.24) is 0 Å². The molecule has 0 saturated heterocycles. The Kier molecular flexibility index (Phi) is 9.33. The van der Waals surface area contributed by atoms with E-state index in [0.29, 0.717) is 27.2 Å². The van der Waals surface area contributed by atoms with E-state index in [0.717, 1.165) is 0 Å². The van der Waals surface area contributed by atoms with Gasteiger partial charge in [0, 0.05) is 29.1 Å². The Labute approximate surface area is 211 Å². The number of carbonyl (C=O) groups excluding carboxylic acids is 3. The number of ketones is 1. The van der Waals surface area contributed by atoms with E-state index in [4.69, 9.17) is 44.3 Å². The monoisotopic (exact) mass is 519 g/mol. The lowest BCUT2D eigenvalue weighted by molar-refractivity contribution is -0.142. The molecule has 9 heteroatoms. The van der Waals surface area contributed by atoms with Crippen LogP contribution >= 0.6 is 34.8 Å². The van der Waals surface area contributed by atoms with Gasteiger partial charge in [-0.1, -0.05) is 46.9 Å². The van der Waals surface area contributed by atoms with Crippen LogP contribution in [0.25, 0.3) is 0 Å². The number of hydrogen-bond acceptors (Lipinski definition) is 5. The van der Waals surface area contributed by atoms with E-state index < -0.39 is 18.4 Å². The van der Waals surface area contributed by atoms with Gasteiger partial charge in [0.1, 0.15) is 11.5 Å². The average Bonchev–Trinajstić information content (AvgIpc) is 2.80. The van der Waals surface area contributed by atoms with E-state index in [1.54, 1.807) is 36.4 Å². The molecule has 0 heterocycles. The fraction of sp³-hybridized carbons (Fsp3) is 0.160. The van der Waals surface area contributed by atoms with Crippen molar-refractivity contribution < 1.29 is 23.9 Å². The van der Waals surface area contributed by atoms with Crippen LogP contribution in [-0.2, 0) is 14.3 Å². The molecule has 1 amide bonds. The van der Waals surface area contributed by atoms with E-state index in [1.165, 1.54) is 18.2 Å². The molecule has 0 saturated carbocycles. The fourth-order valence-corrected chi connectivity index (χ4v) is 3.58. The standard InChI is InChI=1S/C25H20Cl3NO5/c26-16-8-13-19(21(28)14-16)22(30)15-33-25(32)7-3-6-24(31)29-17-9-11-18(12-10-17)34-23-5-2-1-4-20(23)27/h1-2,4-5,8-14H,3,6-7,15H2,(H,29,31). The molecule has 0 spiro atoms. The Morgan fingerprint density at radius 2 is 1.56 bits per heavy atom. The van der Waals surface area contributed by atoms with Gasteiger partial charge in [0.15, 0.2) is 6.61 Å². The summed E-state index contributed by atoms with van der Waals surface area (Å²) in [5.41, 5.74) is 0.811. The second-order valence-corrected chi connectivity index (χ2v) is 8.42. The minimum absolute atomic E-state index is 0.000335. The molecule has 0 radical (unpaired) electrons. The fourth-order valence-electron chi connectivity index (χ4n) is 2.89. The van der Waals surface area contributed by atoms with Crippen LogP contribution in [0.4, 0.5) is 5.69 Å². The Hall–Kier alpha value is -3.06. The number of benzene rings is 3. The third-order valence-corrected chi connectivity index (χ3v) is 5.44. The van der Waals surface area contributed by atoms with Gasteiger partial charge in [0.25, 0.3) is 0 Å². The SMILES string of the molecule is O=C(CCCC(=O)OCC(=O)c1ccc(Cl)cc1Cl)Nc1ccc(Oc2ccccc2Cl)cc1. The van der Waals surface area contributed by atoms with Crippen LogP contribution in [0.2, 0.25) is 15.1 Å². The predicted octanol–water partition coefficient (Wildman–Crippen LogP) is 6.97. The van der Waals surface area contributed by atoms with E-state index in [9.17, 15) is 14.4 Å². The van der Waals surface area contributed by atoms with E-state index in [1.807, 2.05) is 12.1 Å². The first-order valence-corrected chi connectivity index (χ1v) is 11.4. The molecule has 6 nitrogen and oxygen atoms in total. The van der Waals surface area contributed by atoms with Crippen molar-refractivity contribution in [1.29, 1.82) is 0 Å². The van der Waals surface area contributed by atoms with Crippen molar-refractivity contribution in [3.05, 3.63) is 87.4 Å². The molecule has 0 atom stereocenters. The minimum atomic E-state index is -0.577. The molecule has 0 bridgehead atoms. The highest BCUT2D eigenvalue weighted by Gasteiger charge is 2.14. The van der Waals surface area contributed by atoms with Gasteiger partial charge in [-0.2, -0.15) is 0 Å². The van der Waals surface area contributed by atoms with Gasteiger partial charge in [0.05, 0.1) is 10.0 Å². The quantitative estimate of drug-likeness (QED) is 0.230. The molecule has 0 aliphatic heterocycles. The molecule has 3 aromatic rings. The number of carbonyl (C=O) groups is 3. The summed E-state index contributed by atoms with van der Waals surface area (Å²) in [4.78, 5) is 36.1. The Bertz CT molecular complexity index is 1180. The summed E-state index contributed by atoms with van der Waals surface area (Å²) in [5, 5.41) is 3.83. The topological polar surface area (TPSA) is 81.7 Å². The van der Waals surface area contributed by atoms with Crippen LogP contribution in [0.15, 0.2) is 66.7 Å². The molecule has 0 aromatic heterocycles. The van der Waals surface area contributed by atoms with Gasteiger partial charge in [0.2, 0.25) is 11.7 Å². The van der Waals surface area contributed by atoms with E-state index in [-0.39, 0.29) is 35.8 Å². The number of amides is 1. The van der Waals surface area contributed by atoms with Gasteiger partial charge < -0.3 is 14.8 Å². The maximum Gasteiger partial charge on any atom is 0.306 e. The van der Waals surface area contributed by atoms with Gasteiger partial charge in [-0.25, -0.2) is 0 Å². The lowest BCUT2D eigenvalue weighted by atomic mass is 10.1. The van der Waals surface area contributed by atoms with Gasteiger partial charge in [-0.3, -0.25) is 14.4 Å². The molecule has 0 aliphatic carbocycles. The van der Waals surface area contributed by atoms with Crippen molar-refractivity contribution in [3.8, 4) is 11.5 Å². The Morgan fingerprint density at radius 3 is 2.26 bits per heavy atom. The Morgan fingerprint density at radius 1 is 0.824 bits per heavy atom. The number of Topliss-reactive ketones (excluding diaryl/α,β-unsaturated/α-hetero) is 1. The van der Waals surface area contributed by atoms with Crippen LogP contribution < -0.4 is 10.1 Å². The minimum Gasteiger partial charge on any atom is -0.457 e. The molecule has 34 heavy (non-hydrogen) atoms. The predicted molar refractivity (Wildman–Crippen MR) is 132 cm³/mol. The van der Waals surface area contributed by atoms with Crippen LogP contribution in [0.1, 0.15) is 29.6 Å². The number of nitrogens with one attached hydrogen (secondary N) is 1. The smallest absolute Gasteiger partial charge is 0.306 e. The first kappa shape index (κ1) is 25.6. The van der Waals surface area contributed by atoms with Crippen LogP contribution in [0, 0.1) is 0 Å². The van der Waals surface area contributed by atoms with Crippen molar-refractivity contribution in [2.24, 2.45) is 0 Å². The highest BCUT2D eigenvalue weighted by Crippen LogP contribution is 2.29. The lowest BCUT2D eigenvalue weighted by Gasteiger charge is -2.09. The lowest BCUT2D eigenvalue weighted by Crippen LogP contribution is -2.15. The zero-order valence-corrected chi connectivity index (χ0v) is 20.1. The molecule has 3 aromatic carbocycles. The van der Waals surface area contributed by atoms with Gasteiger partial charge in [-0.05, 0) is 61.0 Å². The summed E-state index contributed by atoms with van der Waals surface area (Å²) >= 11 is 17.9. The number of para-hydroxylation sites is 1. The zero-order chi connectivity index (χ0) is 24.5. The summed E-state index contributed by atoms with van der Waals surface area (Å²) in [7, 11) is 0. The first-order valence-electron chi connectivity index (χ1n) is 10.3. The van der Waals surface area contributed by atoms with Crippen LogP contribution in [-0.4, -0.2) is 24.3 Å². The molecule has 1 N–H and O–H groups in total. The van der Waals surface area contributed by atoms with Crippen molar-refractivity contribution >= 4 is 58.1 Å². The molecular formula is C25H20Cl3NO5. The maximum atomic E-state index is 12.1. The Balaban J connectivity index is 1.37. The number of hydrogen-bond donors (Lipinski definition) is 1. The number of anilines is 1. The molecule has 0 fully saturated rings. The van der Waals surface area contributed by atoms with Gasteiger partial charge in [-0.15, -0.1) is 0 Å². The molecule has 176 valence electrons. The average molecular weight is 521 g/mol. The molecule has 0 unspecified atom stereocenters. The van der Waals surface area contributed by atoms with Crippen molar-refractivity contribution in [2.75, 3.05) is 11.9 Å². The van der Waals surface area contributed by atoms with Crippen LogP contribution in [0.5, 0.6) is 11.5 Å².